The Labute approximate surface area is 83.8 Å². The van der Waals surface area contributed by atoms with Crippen LogP contribution in [0.1, 0.15) is 41.7 Å². The smallest absolute Gasteiger partial charge is 0.160 e. The summed E-state index contributed by atoms with van der Waals surface area (Å²) in [5, 5.41) is 0. The third-order valence-electron chi connectivity index (χ3n) is 1.92. The molecule has 0 amide bonds. The van der Waals surface area contributed by atoms with Gasteiger partial charge >= 0.3 is 0 Å². The van der Waals surface area contributed by atoms with Gasteiger partial charge in [-0.15, -0.1) is 11.3 Å². The number of thiophene rings is 1. The molecule has 13 heavy (non-hydrogen) atoms. The highest BCUT2D eigenvalue weighted by atomic mass is 32.1. The van der Waals surface area contributed by atoms with Crippen molar-refractivity contribution in [3.05, 3.63) is 21.9 Å². The third kappa shape index (κ3) is 3.73. The number of carbonyl (C=O) groups excluding carboxylic acids is 1. The van der Waals surface area contributed by atoms with Gasteiger partial charge in [0.05, 0.1) is 4.88 Å². The van der Waals surface area contributed by atoms with Crippen molar-refractivity contribution in [2.24, 2.45) is 5.41 Å². The molecule has 72 valence electrons. The quantitative estimate of drug-likeness (QED) is 0.676. The number of aldehydes is 1. The molecule has 0 bridgehead atoms. The Bertz CT molecular complexity index is 281. The second-order valence-electron chi connectivity index (χ2n) is 4.48. The van der Waals surface area contributed by atoms with E-state index in [1.54, 1.807) is 11.3 Å². The first-order valence-electron chi connectivity index (χ1n) is 4.55. The Morgan fingerprint density at radius 1 is 1.38 bits per heavy atom. The van der Waals surface area contributed by atoms with Gasteiger partial charge in [0.2, 0.25) is 0 Å². The fraction of sp³-hybridized carbons (Fsp3) is 0.545. The lowest BCUT2D eigenvalue weighted by Crippen LogP contribution is -2.05. The van der Waals surface area contributed by atoms with E-state index in [0.717, 1.165) is 17.6 Å². The molecule has 0 saturated heterocycles. The van der Waals surface area contributed by atoms with Crippen molar-refractivity contribution in [2.45, 2.75) is 33.6 Å². The standard InChI is InChI=1S/C11H16OS/c1-11(2,3)7-6-9-4-5-10(8-12)13-9/h4-5,8H,6-7H2,1-3H3. The van der Waals surface area contributed by atoms with E-state index < -0.39 is 0 Å². The lowest BCUT2D eigenvalue weighted by Gasteiger charge is -2.16. The minimum atomic E-state index is 0.380. The first kappa shape index (κ1) is 10.5. The van der Waals surface area contributed by atoms with Crippen LogP contribution in [0.5, 0.6) is 0 Å². The van der Waals surface area contributed by atoms with Crippen LogP contribution in [0.4, 0.5) is 0 Å². The molecule has 0 aliphatic heterocycles. The van der Waals surface area contributed by atoms with E-state index in [0.29, 0.717) is 5.41 Å². The van der Waals surface area contributed by atoms with Gasteiger partial charge in [-0.3, -0.25) is 4.79 Å². The summed E-state index contributed by atoms with van der Waals surface area (Å²) >= 11 is 1.61. The van der Waals surface area contributed by atoms with Crippen molar-refractivity contribution in [3.8, 4) is 0 Å². The first-order valence-corrected chi connectivity index (χ1v) is 5.37. The molecule has 0 fully saturated rings. The van der Waals surface area contributed by atoms with Crippen LogP contribution in [0.25, 0.3) is 0 Å². The van der Waals surface area contributed by atoms with Crippen LogP contribution in [0, 0.1) is 5.41 Å². The van der Waals surface area contributed by atoms with Crippen LogP contribution in [-0.2, 0) is 6.42 Å². The summed E-state index contributed by atoms with van der Waals surface area (Å²) < 4.78 is 0. The maximum Gasteiger partial charge on any atom is 0.160 e. The average Bonchev–Trinajstić information content (AvgIpc) is 2.47. The minimum Gasteiger partial charge on any atom is -0.297 e. The minimum absolute atomic E-state index is 0.380. The van der Waals surface area contributed by atoms with Gasteiger partial charge in [0.1, 0.15) is 0 Å². The molecule has 1 aromatic rings. The van der Waals surface area contributed by atoms with Gasteiger partial charge in [0.25, 0.3) is 0 Å². The molecule has 0 saturated carbocycles. The summed E-state index contributed by atoms with van der Waals surface area (Å²) in [6, 6.07) is 3.95. The fourth-order valence-electron chi connectivity index (χ4n) is 1.09. The highest BCUT2D eigenvalue weighted by molar-refractivity contribution is 7.13. The van der Waals surface area contributed by atoms with Gasteiger partial charge in [-0.25, -0.2) is 0 Å². The van der Waals surface area contributed by atoms with E-state index in [-0.39, 0.29) is 0 Å². The van der Waals surface area contributed by atoms with Gasteiger partial charge in [-0.2, -0.15) is 0 Å². The second kappa shape index (κ2) is 4.05. The van der Waals surface area contributed by atoms with Gasteiger partial charge in [0, 0.05) is 4.88 Å². The maximum absolute atomic E-state index is 10.4. The van der Waals surface area contributed by atoms with E-state index in [9.17, 15) is 4.79 Å². The molecule has 0 spiro atoms. The normalized spacial score (nSPS) is 11.6. The van der Waals surface area contributed by atoms with E-state index in [2.05, 4.69) is 26.8 Å². The monoisotopic (exact) mass is 196 g/mol. The molecule has 0 unspecified atom stereocenters. The summed E-state index contributed by atoms with van der Waals surface area (Å²) in [6.07, 6.45) is 3.18. The molecule has 0 radical (unpaired) electrons. The molecule has 0 aliphatic carbocycles. The summed E-state index contributed by atoms with van der Waals surface area (Å²) in [5.74, 6) is 0. The van der Waals surface area contributed by atoms with Crippen LogP contribution in [0.3, 0.4) is 0 Å². The van der Waals surface area contributed by atoms with Crippen molar-refractivity contribution in [2.75, 3.05) is 0 Å². The van der Waals surface area contributed by atoms with E-state index >= 15 is 0 Å². The highest BCUT2D eigenvalue weighted by Gasteiger charge is 2.10. The van der Waals surface area contributed by atoms with Crippen LogP contribution in [0.15, 0.2) is 12.1 Å². The predicted octanol–water partition coefficient (Wildman–Crippen LogP) is 3.54. The average molecular weight is 196 g/mol. The van der Waals surface area contributed by atoms with Crippen molar-refractivity contribution in [1.29, 1.82) is 0 Å². The molecule has 0 aliphatic rings. The number of carbonyl (C=O) groups is 1. The van der Waals surface area contributed by atoms with Crippen LogP contribution >= 0.6 is 11.3 Å². The molecule has 2 heteroatoms. The number of aryl methyl sites for hydroxylation is 1. The molecular weight excluding hydrogens is 180 g/mol. The zero-order valence-electron chi connectivity index (χ0n) is 8.46. The van der Waals surface area contributed by atoms with Crippen LogP contribution < -0.4 is 0 Å². The Hall–Kier alpha value is -0.630. The van der Waals surface area contributed by atoms with Gasteiger partial charge < -0.3 is 0 Å². The lowest BCUT2D eigenvalue weighted by atomic mass is 9.90. The Kier molecular flexibility index (Phi) is 3.26. The molecule has 1 rings (SSSR count). The maximum atomic E-state index is 10.4. The molecule has 1 aromatic heterocycles. The molecule has 0 N–H and O–H groups in total. The summed E-state index contributed by atoms with van der Waals surface area (Å²) in [5.41, 5.74) is 0.380. The van der Waals surface area contributed by atoms with Gasteiger partial charge in [-0.1, -0.05) is 20.8 Å². The zero-order valence-corrected chi connectivity index (χ0v) is 9.28. The number of hydrogen-bond acceptors (Lipinski definition) is 2. The molecular formula is C11H16OS. The highest BCUT2D eigenvalue weighted by Crippen LogP contribution is 2.24. The Balaban J connectivity index is 2.50. The largest absolute Gasteiger partial charge is 0.297 e. The van der Waals surface area contributed by atoms with Crippen LogP contribution in [-0.4, -0.2) is 6.29 Å². The summed E-state index contributed by atoms with van der Waals surface area (Å²) in [4.78, 5) is 12.6. The summed E-state index contributed by atoms with van der Waals surface area (Å²) in [7, 11) is 0. The van der Waals surface area contributed by atoms with Crippen LogP contribution in [0.2, 0.25) is 0 Å². The molecule has 1 nitrogen and oxygen atoms in total. The predicted molar refractivity (Wildman–Crippen MR) is 57.5 cm³/mol. The number of rotatable bonds is 3. The van der Waals surface area contributed by atoms with Crippen molar-refractivity contribution >= 4 is 17.6 Å². The molecule has 1 heterocycles. The topological polar surface area (TPSA) is 17.1 Å². The van der Waals surface area contributed by atoms with E-state index in [1.165, 1.54) is 11.3 Å². The summed E-state index contributed by atoms with van der Waals surface area (Å²) in [6.45, 7) is 6.71. The first-order chi connectivity index (χ1) is 6.01. The van der Waals surface area contributed by atoms with E-state index in [4.69, 9.17) is 0 Å². The zero-order chi connectivity index (χ0) is 9.90. The second-order valence-corrected chi connectivity index (χ2v) is 5.68. The Morgan fingerprint density at radius 2 is 2.08 bits per heavy atom. The fourth-order valence-corrected chi connectivity index (χ4v) is 1.92. The van der Waals surface area contributed by atoms with Gasteiger partial charge in [-0.05, 0) is 30.4 Å². The van der Waals surface area contributed by atoms with Crippen molar-refractivity contribution in [1.82, 2.24) is 0 Å². The number of hydrogen-bond donors (Lipinski definition) is 0. The SMILES string of the molecule is CC(C)(C)CCc1ccc(C=O)s1. The van der Waals surface area contributed by atoms with Crippen molar-refractivity contribution < 1.29 is 4.79 Å². The van der Waals surface area contributed by atoms with Crippen molar-refractivity contribution in [3.63, 3.8) is 0 Å². The molecule has 0 aromatic carbocycles. The lowest BCUT2D eigenvalue weighted by molar-refractivity contribution is 0.112. The third-order valence-corrected chi connectivity index (χ3v) is 2.99. The molecule has 0 atom stereocenters. The van der Waals surface area contributed by atoms with E-state index in [1.807, 2.05) is 6.07 Å². The Morgan fingerprint density at radius 3 is 2.54 bits per heavy atom. The van der Waals surface area contributed by atoms with Gasteiger partial charge in [0.15, 0.2) is 6.29 Å².